The number of hydrogen-bond acceptors (Lipinski definition) is 3. The number of sulfonamides is 1. The monoisotopic (exact) mass is 304 g/mol. The van der Waals surface area contributed by atoms with Gasteiger partial charge in [0.15, 0.2) is 0 Å². The Morgan fingerprint density at radius 1 is 1.26 bits per heavy atom. The second-order valence-corrected chi connectivity index (χ2v) is 7.33. The van der Waals surface area contributed by atoms with Gasteiger partial charge in [-0.15, -0.1) is 0 Å². The highest BCUT2D eigenvalue weighted by atomic mass is 35.5. The summed E-state index contributed by atoms with van der Waals surface area (Å²) in [5.74, 6) is -0.150. The molecule has 1 N–H and O–H groups in total. The molecule has 0 radical (unpaired) electrons. The molecule has 0 unspecified atom stereocenters. The van der Waals surface area contributed by atoms with Crippen molar-refractivity contribution in [1.29, 1.82) is 0 Å². The smallest absolute Gasteiger partial charge is 0.247 e. The predicted molar refractivity (Wildman–Crippen MR) is 70.0 cm³/mol. The molecule has 0 aromatic heterocycles. The van der Waals surface area contributed by atoms with Gasteiger partial charge in [-0.05, 0) is 37.1 Å². The van der Waals surface area contributed by atoms with Gasteiger partial charge in [-0.2, -0.15) is 4.31 Å². The van der Waals surface area contributed by atoms with Crippen molar-refractivity contribution in [2.75, 3.05) is 26.2 Å². The van der Waals surface area contributed by atoms with E-state index in [1.165, 1.54) is 16.4 Å². The van der Waals surface area contributed by atoms with Crippen molar-refractivity contribution >= 4 is 21.6 Å². The molecule has 3 rings (SSSR count). The van der Waals surface area contributed by atoms with Gasteiger partial charge in [-0.3, -0.25) is 0 Å². The molecule has 2 aliphatic rings. The normalized spacial score (nSPS) is 27.7. The second-order valence-electron chi connectivity index (χ2n) is 5.05. The van der Waals surface area contributed by atoms with Crippen molar-refractivity contribution in [3.63, 3.8) is 0 Å². The maximum absolute atomic E-state index is 13.8. The Balaban J connectivity index is 1.96. The van der Waals surface area contributed by atoms with E-state index < -0.39 is 20.7 Å². The van der Waals surface area contributed by atoms with E-state index in [-0.39, 0.29) is 5.02 Å². The summed E-state index contributed by atoms with van der Waals surface area (Å²) in [5.41, 5.74) is 0. The largest absolute Gasteiger partial charge is 0.316 e. The fourth-order valence-corrected chi connectivity index (χ4v) is 4.98. The number of nitrogens with zero attached hydrogens (tertiary/aromatic N) is 1. The van der Waals surface area contributed by atoms with Crippen LogP contribution in [0.1, 0.15) is 0 Å². The molecular weight excluding hydrogens is 291 g/mol. The highest BCUT2D eigenvalue weighted by molar-refractivity contribution is 7.89. The molecule has 0 spiro atoms. The molecule has 104 valence electrons. The summed E-state index contributed by atoms with van der Waals surface area (Å²) in [7, 11) is -3.84. The highest BCUT2D eigenvalue weighted by Gasteiger charge is 2.42. The van der Waals surface area contributed by atoms with Crippen LogP contribution in [0.4, 0.5) is 4.39 Å². The van der Waals surface area contributed by atoms with Crippen LogP contribution in [0, 0.1) is 17.7 Å². The summed E-state index contributed by atoms with van der Waals surface area (Å²) in [5, 5.41) is 3.18. The molecule has 2 fully saturated rings. The third kappa shape index (κ3) is 2.16. The summed E-state index contributed by atoms with van der Waals surface area (Å²) in [6, 6.07) is 3.92. The molecule has 2 atom stereocenters. The van der Waals surface area contributed by atoms with Crippen molar-refractivity contribution < 1.29 is 12.8 Å². The molecule has 2 heterocycles. The van der Waals surface area contributed by atoms with E-state index in [4.69, 9.17) is 11.6 Å². The van der Waals surface area contributed by atoms with Gasteiger partial charge in [0.2, 0.25) is 10.0 Å². The van der Waals surface area contributed by atoms with Crippen LogP contribution in [-0.2, 0) is 10.0 Å². The van der Waals surface area contributed by atoms with Crippen LogP contribution in [0.15, 0.2) is 23.1 Å². The van der Waals surface area contributed by atoms with Gasteiger partial charge in [0.25, 0.3) is 0 Å². The Morgan fingerprint density at radius 3 is 2.47 bits per heavy atom. The first-order valence-electron chi connectivity index (χ1n) is 6.15. The molecule has 4 nitrogen and oxygen atoms in total. The van der Waals surface area contributed by atoms with E-state index in [2.05, 4.69) is 5.32 Å². The Morgan fingerprint density at radius 2 is 1.89 bits per heavy atom. The van der Waals surface area contributed by atoms with Crippen LogP contribution in [0.25, 0.3) is 0 Å². The van der Waals surface area contributed by atoms with Crippen LogP contribution in [0.3, 0.4) is 0 Å². The lowest BCUT2D eigenvalue weighted by Gasteiger charge is -2.18. The number of fused-ring (bicyclic) bond motifs is 1. The molecule has 0 aliphatic carbocycles. The first kappa shape index (κ1) is 13.3. The molecule has 2 aliphatic heterocycles. The van der Waals surface area contributed by atoms with Crippen molar-refractivity contribution in [2.24, 2.45) is 11.8 Å². The van der Waals surface area contributed by atoms with Crippen molar-refractivity contribution in [1.82, 2.24) is 9.62 Å². The number of rotatable bonds is 2. The minimum absolute atomic E-state index is 0.0600. The lowest BCUT2D eigenvalue weighted by molar-refractivity contribution is 0.443. The van der Waals surface area contributed by atoms with Gasteiger partial charge < -0.3 is 5.32 Å². The minimum atomic E-state index is -3.84. The van der Waals surface area contributed by atoms with Gasteiger partial charge in [-0.25, -0.2) is 12.8 Å². The van der Waals surface area contributed by atoms with Gasteiger partial charge >= 0.3 is 0 Å². The van der Waals surface area contributed by atoms with E-state index >= 15 is 0 Å². The maximum atomic E-state index is 13.8. The fourth-order valence-electron chi connectivity index (χ4n) is 2.87. The van der Waals surface area contributed by atoms with Crippen LogP contribution in [-0.4, -0.2) is 38.9 Å². The topological polar surface area (TPSA) is 49.4 Å². The highest BCUT2D eigenvalue weighted by Crippen LogP contribution is 2.34. The van der Waals surface area contributed by atoms with Crippen molar-refractivity contribution in [2.45, 2.75) is 4.90 Å². The molecule has 19 heavy (non-hydrogen) atoms. The maximum Gasteiger partial charge on any atom is 0.247 e. The van der Waals surface area contributed by atoms with Gasteiger partial charge in [0, 0.05) is 13.1 Å². The average Bonchev–Trinajstić information content (AvgIpc) is 2.87. The summed E-state index contributed by atoms with van der Waals surface area (Å²) < 4.78 is 40.1. The van der Waals surface area contributed by atoms with Crippen molar-refractivity contribution in [3.8, 4) is 0 Å². The molecular formula is C12H14ClFN2O2S. The number of hydrogen-bond donors (Lipinski definition) is 1. The lowest BCUT2D eigenvalue weighted by atomic mass is 10.0. The quantitative estimate of drug-likeness (QED) is 0.896. The number of halogens is 2. The standard InChI is InChI=1S/C12H14ClFN2O2S/c13-10-2-1-3-11(14)12(10)19(17,18)16-6-8-4-15-5-9(8)7-16/h1-3,8-9,15H,4-7H2/t8-,9+. The average molecular weight is 305 g/mol. The third-order valence-electron chi connectivity index (χ3n) is 3.87. The van der Waals surface area contributed by atoms with Crippen LogP contribution in [0.2, 0.25) is 5.02 Å². The van der Waals surface area contributed by atoms with Gasteiger partial charge in [0.1, 0.15) is 10.7 Å². The third-order valence-corrected chi connectivity index (χ3v) is 6.21. The Labute approximate surface area is 116 Å². The molecule has 7 heteroatoms. The van der Waals surface area contributed by atoms with E-state index in [1.54, 1.807) is 0 Å². The van der Waals surface area contributed by atoms with Crippen molar-refractivity contribution in [3.05, 3.63) is 29.0 Å². The molecule has 0 amide bonds. The molecule has 2 saturated heterocycles. The zero-order valence-corrected chi connectivity index (χ0v) is 11.7. The van der Waals surface area contributed by atoms with Gasteiger partial charge in [0.05, 0.1) is 5.02 Å². The predicted octanol–water partition coefficient (Wildman–Crippen LogP) is 1.32. The zero-order chi connectivity index (χ0) is 13.6. The minimum Gasteiger partial charge on any atom is -0.316 e. The van der Waals surface area contributed by atoms with E-state index in [0.717, 1.165) is 19.2 Å². The molecule has 0 saturated carbocycles. The Bertz CT molecular complexity index is 575. The second kappa shape index (κ2) is 4.70. The zero-order valence-electron chi connectivity index (χ0n) is 10.1. The van der Waals surface area contributed by atoms with Crippen LogP contribution in [0.5, 0.6) is 0 Å². The summed E-state index contributed by atoms with van der Waals surface area (Å²) in [6.07, 6.45) is 0. The summed E-state index contributed by atoms with van der Waals surface area (Å²) in [4.78, 5) is -0.399. The van der Waals surface area contributed by atoms with E-state index in [0.29, 0.717) is 24.9 Å². The number of benzene rings is 1. The molecule has 1 aromatic carbocycles. The van der Waals surface area contributed by atoms with E-state index in [9.17, 15) is 12.8 Å². The van der Waals surface area contributed by atoms with Crippen LogP contribution >= 0.6 is 11.6 Å². The SMILES string of the molecule is O=S(=O)(c1c(F)cccc1Cl)N1C[C@H]2CNC[C@H]2C1. The molecule has 1 aromatic rings. The lowest BCUT2D eigenvalue weighted by Crippen LogP contribution is -2.32. The molecule has 0 bridgehead atoms. The van der Waals surface area contributed by atoms with Gasteiger partial charge in [-0.1, -0.05) is 17.7 Å². The van der Waals surface area contributed by atoms with Crippen LogP contribution < -0.4 is 5.32 Å². The van der Waals surface area contributed by atoms with E-state index in [1.807, 2.05) is 0 Å². The Hall–Kier alpha value is -0.690. The first-order valence-corrected chi connectivity index (χ1v) is 7.97. The Kier molecular flexibility index (Phi) is 3.29. The summed E-state index contributed by atoms with van der Waals surface area (Å²) in [6.45, 7) is 2.51. The fraction of sp³-hybridized carbons (Fsp3) is 0.500. The first-order chi connectivity index (χ1) is 9.00. The summed E-state index contributed by atoms with van der Waals surface area (Å²) >= 11 is 5.85. The number of nitrogens with one attached hydrogen (secondary N) is 1.